The van der Waals surface area contributed by atoms with Gasteiger partial charge in [0.1, 0.15) is 11.5 Å². The quantitative estimate of drug-likeness (QED) is 0.487. The molecule has 0 spiro atoms. The third kappa shape index (κ3) is 5.96. The van der Waals surface area contributed by atoms with E-state index in [1.165, 1.54) is 0 Å². The molecule has 1 heterocycles. The number of hydrogen-bond donors (Lipinski definition) is 0. The van der Waals surface area contributed by atoms with Gasteiger partial charge in [0.05, 0.1) is 20.3 Å². The Balaban J connectivity index is 1.42. The summed E-state index contributed by atoms with van der Waals surface area (Å²) in [5.74, 6) is 2.34. The maximum absolute atomic E-state index is 12.3. The molecule has 3 rings (SSSR count). The molecule has 8 heteroatoms. The third-order valence-corrected chi connectivity index (χ3v) is 4.48. The molecular weight excluding hydrogens is 394 g/mol. The molecule has 0 aliphatic rings. The highest BCUT2D eigenvalue weighted by atomic mass is 35.5. The van der Waals surface area contributed by atoms with Crippen LogP contribution < -0.4 is 9.47 Å². The molecule has 0 unspecified atom stereocenters. The van der Waals surface area contributed by atoms with Gasteiger partial charge < -0.3 is 18.9 Å². The van der Waals surface area contributed by atoms with Gasteiger partial charge in [-0.2, -0.15) is 4.98 Å². The highest BCUT2D eigenvalue weighted by Crippen LogP contribution is 2.19. The molecule has 0 N–H and O–H groups in total. The van der Waals surface area contributed by atoms with Crippen molar-refractivity contribution in [1.29, 1.82) is 0 Å². The molecular formula is C21H22ClN3O4. The van der Waals surface area contributed by atoms with Crippen LogP contribution in [0.15, 0.2) is 53.1 Å². The fourth-order valence-corrected chi connectivity index (χ4v) is 2.73. The predicted molar refractivity (Wildman–Crippen MR) is 109 cm³/mol. The number of amides is 1. The number of benzene rings is 2. The first kappa shape index (κ1) is 20.7. The lowest BCUT2D eigenvalue weighted by atomic mass is 10.2. The third-order valence-electron chi connectivity index (χ3n) is 4.23. The summed E-state index contributed by atoms with van der Waals surface area (Å²) in [6.07, 6.45) is 0.972. The Bertz CT molecular complexity index is 926. The zero-order chi connectivity index (χ0) is 20.6. The molecule has 7 nitrogen and oxygen atoms in total. The monoisotopic (exact) mass is 415 g/mol. The van der Waals surface area contributed by atoms with E-state index in [2.05, 4.69) is 10.1 Å². The lowest BCUT2D eigenvalue weighted by Gasteiger charge is -2.14. The average Bonchev–Trinajstić information content (AvgIpc) is 3.20. The van der Waals surface area contributed by atoms with Gasteiger partial charge in [0.2, 0.25) is 17.6 Å². The molecule has 0 saturated heterocycles. The average molecular weight is 416 g/mol. The fourth-order valence-electron chi connectivity index (χ4n) is 2.60. The largest absolute Gasteiger partial charge is 0.497 e. The van der Waals surface area contributed by atoms with Crippen molar-refractivity contribution in [3.8, 4) is 22.9 Å². The van der Waals surface area contributed by atoms with Crippen LogP contribution in [0.25, 0.3) is 11.4 Å². The van der Waals surface area contributed by atoms with Crippen molar-refractivity contribution < 1.29 is 18.8 Å². The molecule has 1 amide bonds. The number of halogens is 1. The van der Waals surface area contributed by atoms with E-state index in [1.54, 1.807) is 31.2 Å². The molecule has 0 bridgehead atoms. The minimum absolute atomic E-state index is 0.0189. The molecule has 2 aromatic carbocycles. The van der Waals surface area contributed by atoms with Crippen LogP contribution in [-0.2, 0) is 11.3 Å². The molecule has 1 aromatic heterocycles. The van der Waals surface area contributed by atoms with E-state index in [0.717, 1.165) is 17.1 Å². The Morgan fingerprint density at radius 1 is 1.10 bits per heavy atom. The van der Waals surface area contributed by atoms with Crippen LogP contribution in [0.4, 0.5) is 0 Å². The molecule has 29 heavy (non-hydrogen) atoms. The Labute approximate surface area is 174 Å². The van der Waals surface area contributed by atoms with Crippen molar-refractivity contribution in [1.82, 2.24) is 15.0 Å². The van der Waals surface area contributed by atoms with E-state index in [4.69, 9.17) is 25.6 Å². The molecule has 0 atom stereocenters. The number of hydrogen-bond acceptors (Lipinski definition) is 6. The van der Waals surface area contributed by atoms with Crippen molar-refractivity contribution in [2.75, 3.05) is 20.8 Å². The Kier molecular flexibility index (Phi) is 7.08. The number of ether oxygens (including phenoxy) is 2. The summed E-state index contributed by atoms with van der Waals surface area (Å²) in [6, 6.07) is 14.5. The second-order valence-corrected chi connectivity index (χ2v) is 6.83. The summed E-state index contributed by atoms with van der Waals surface area (Å²) in [6.45, 7) is 0.700. The van der Waals surface area contributed by atoms with Gasteiger partial charge in [0, 0.05) is 24.1 Å². The molecule has 0 fully saturated rings. The van der Waals surface area contributed by atoms with Crippen LogP contribution in [0.5, 0.6) is 11.5 Å². The standard InChI is InChI=1S/C21H22ClN3O4/c1-25(14-19-23-21(24-29-19)15-5-7-16(22)8-6-15)20(26)4-3-13-28-18-11-9-17(27-2)10-12-18/h5-12H,3-4,13-14H2,1-2H3. The first-order chi connectivity index (χ1) is 14.0. The van der Waals surface area contributed by atoms with Crippen LogP contribution in [0.3, 0.4) is 0 Å². The number of aromatic nitrogens is 2. The van der Waals surface area contributed by atoms with Crippen molar-refractivity contribution >= 4 is 17.5 Å². The summed E-state index contributed by atoms with van der Waals surface area (Å²) in [7, 11) is 3.32. The van der Waals surface area contributed by atoms with Crippen LogP contribution in [0.2, 0.25) is 5.02 Å². The van der Waals surface area contributed by atoms with Crippen molar-refractivity contribution in [2.45, 2.75) is 19.4 Å². The fraction of sp³-hybridized carbons (Fsp3) is 0.286. The van der Waals surface area contributed by atoms with Crippen LogP contribution in [0, 0.1) is 0 Å². The summed E-state index contributed by atoms with van der Waals surface area (Å²) in [5.41, 5.74) is 0.800. The summed E-state index contributed by atoms with van der Waals surface area (Å²) in [4.78, 5) is 18.2. The molecule has 0 radical (unpaired) electrons. The van der Waals surface area contributed by atoms with Gasteiger partial charge in [0.15, 0.2) is 0 Å². The van der Waals surface area contributed by atoms with Gasteiger partial charge in [-0.15, -0.1) is 0 Å². The molecule has 152 valence electrons. The first-order valence-electron chi connectivity index (χ1n) is 9.14. The summed E-state index contributed by atoms with van der Waals surface area (Å²) < 4.78 is 16.0. The minimum atomic E-state index is -0.0189. The van der Waals surface area contributed by atoms with Crippen LogP contribution in [-0.4, -0.2) is 41.7 Å². The van der Waals surface area contributed by atoms with Gasteiger partial charge >= 0.3 is 0 Å². The lowest BCUT2D eigenvalue weighted by Crippen LogP contribution is -2.26. The SMILES string of the molecule is COc1ccc(OCCCC(=O)N(C)Cc2nc(-c3ccc(Cl)cc3)no2)cc1. The van der Waals surface area contributed by atoms with Crippen molar-refractivity contribution in [3.63, 3.8) is 0 Å². The zero-order valence-electron chi connectivity index (χ0n) is 16.3. The maximum atomic E-state index is 12.3. The van der Waals surface area contributed by atoms with Gasteiger partial charge in [-0.25, -0.2) is 0 Å². The normalized spacial score (nSPS) is 10.6. The highest BCUT2D eigenvalue weighted by Gasteiger charge is 2.14. The molecule has 0 aliphatic heterocycles. The summed E-state index contributed by atoms with van der Waals surface area (Å²) >= 11 is 5.88. The maximum Gasteiger partial charge on any atom is 0.246 e. The molecule has 3 aromatic rings. The second-order valence-electron chi connectivity index (χ2n) is 6.40. The van der Waals surface area contributed by atoms with E-state index >= 15 is 0 Å². The number of carbonyl (C=O) groups excluding carboxylic acids is 1. The number of rotatable bonds is 9. The predicted octanol–water partition coefficient (Wildman–Crippen LogP) is 4.22. The lowest BCUT2D eigenvalue weighted by molar-refractivity contribution is -0.131. The van der Waals surface area contributed by atoms with E-state index in [1.807, 2.05) is 36.4 Å². The van der Waals surface area contributed by atoms with Gasteiger partial charge in [-0.3, -0.25) is 4.79 Å². The highest BCUT2D eigenvalue weighted by molar-refractivity contribution is 6.30. The number of methoxy groups -OCH3 is 1. The van der Waals surface area contributed by atoms with Crippen LogP contribution >= 0.6 is 11.6 Å². The van der Waals surface area contributed by atoms with E-state index in [0.29, 0.717) is 36.2 Å². The second kappa shape index (κ2) is 9.93. The Morgan fingerprint density at radius 3 is 2.48 bits per heavy atom. The Morgan fingerprint density at radius 2 is 1.79 bits per heavy atom. The van der Waals surface area contributed by atoms with Gasteiger partial charge in [-0.1, -0.05) is 16.8 Å². The van der Waals surface area contributed by atoms with E-state index in [9.17, 15) is 4.79 Å². The van der Waals surface area contributed by atoms with E-state index < -0.39 is 0 Å². The molecule has 0 saturated carbocycles. The topological polar surface area (TPSA) is 77.7 Å². The van der Waals surface area contributed by atoms with Crippen LogP contribution in [0.1, 0.15) is 18.7 Å². The van der Waals surface area contributed by atoms with Crippen molar-refractivity contribution in [2.24, 2.45) is 0 Å². The number of carbonyl (C=O) groups is 1. The smallest absolute Gasteiger partial charge is 0.246 e. The van der Waals surface area contributed by atoms with Gasteiger partial charge in [0.25, 0.3) is 0 Å². The minimum Gasteiger partial charge on any atom is -0.497 e. The van der Waals surface area contributed by atoms with E-state index in [-0.39, 0.29) is 12.5 Å². The first-order valence-corrected chi connectivity index (χ1v) is 9.52. The van der Waals surface area contributed by atoms with Crippen molar-refractivity contribution in [3.05, 3.63) is 59.4 Å². The number of nitrogens with zero attached hydrogens (tertiary/aromatic N) is 3. The zero-order valence-corrected chi connectivity index (χ0v) is 17.1. The summed E-state index contributed by atoms with van der Waals surface area (Å²) in [5, 5.41) is 4.59. The van der Waals surface area contributed by atoms with Gasteiger partial charge in [-0.05, 0) is 55.0 Å². The molecule has 0 aliphatic carbocycles. The Hall–Kier alpha value is -3.06.